The van der Waals surface area contributed by atoms with Crippen molar-refractivity contribution in [3.8, 4) is 5.69 Å². The van der Waals surface area contributed by atoms with Crippen LogP contribution in [0.15, 0.2) is 54.7 Å². The maximum atomic E-state index is 12.9. The third-order valence-corrected chi connectivity index (χ3v) is 5.45. The molecule has 11 heteroatoms. The van der Waals surface area contributed by atoms with Crippen LogP contribution >= 0.6 is 0 Å². The topological polar surface area (TPSA) is 124 Å². The van der Waals surface area contributed by atoms with Gasteiger partial charge in [0.1, 0.15) is 0 Å². The molecule has 0 saturated carbocycles. The van der Waals surface area contributed by atoms with Gasteiger partial charge in [0.25, 0.3) is 11.6 Å². The molecule has 0 aliphatic rings. The van der Waals surface area contributed by atoms with E-state index in [1.807, 2.05) is 28.8 Å². The summed E-state index contributed by atoms with van der Waals surface area (Å²) in [5.41, 5.74) is 2.15. The lowest BCUT2D eigenvalue weighted by molar-refractivity contribution is -0.384. The Morgan fingerprint density at radius 1 is 1.15 bits per heavy atom. The number of carbonyl (C=O) groups excluding carboxylic acids is 1. The van der Waals surface area contributed by atoms with E-state index in [-0.39, 0.29) is 11.4 Å². The monoisotopic (exact) mass is 448 g/mol. The molecule has 1 amide bonds. The van der Waals surface area contributed by atoms with Crippen LogP contribution in [0.25, 0.3) is 16.7 Å². The van der Waals surface area contributed by atoms with Gasteiger partial charge in [-0.25, -0.2) is 9.67 Å². The molecule has 0 atom stereocenters. The molecule has 4 aromatic rings. The fourth-order valence-electron chi connectivity index (χ4n) is 3.59. The molecule has 4 rings (SSSR count). The molecule has 0 unspecified atom stereocenters. The van der Waals surface area contributed by atoms with Gasteiger partial charge in [0.2, 0.25) is 5.95 Å². The van der Waals surface area contributed by atoms with Crippen molar-refractivity contribution in [2.45, 2.75) is 20.4 Å². The van der Waals surface area contributed by atoms with Gasteiger partial charge in [0.15, 0.2) is 5.69 Å². The molecule has 0 bridgehead atoms. The van der Waals surface area contributed by atoms with E-state index in [1.165, 1.54) is 23.0 Å². The quantitative estimate of drug-likeness (QED) is 0.308. The largest absolute Gasteiger partial charge is 0.309 e. The van der Waals surface area contributed by atoms with Crippen molar-refractivity contribution >= 4 is 28.6 Å². The molecule has 0 fully saturated rings. The minimum Gasteiger partial charge on any atom is -0.309 e. The molecule has 33 heavy (non-hydrogen) atoms. The number of carbonyl (C=O) groups is 1. The van der Waals surface area contributed by atoms with Crippen LogP contribution in [0.1, 0.15) is 24.3 Å². The van der Waals surface area contributed by atoms with Crippen molar-refractivity contribution in [3.63, 3.8) is 0 Å². The highest BCUT2D eigenvalue weighted by atomic mass is 16.6. The Morgan fingerprint density at radius 2 is 1.94 bits per heavy atom. The molecule has 2 aromatic carbocycles. The Balaban J connectivity index is 1.58. The highest BCUT2D eigenvalue weighted by Crippen LogP contribution is 2.21. The molecule has 0 saturated heterocycles. The maximum Gasteiger partial charge on any atom is 0.280 e. The highest BCUT2D eigenvalue weighted by molar-refractivity contribution is 6.02. The van der Waals surface area contributed by atoms with Crippen LogP contribution in [-0.2, 0) is 6.54 Å². The molecule has 0 spiro atoms. The third kappa shape index (κ3) is 4.72. The number of nitrogens with zero attached hydrogens (tertiary/aromatic N) is 7. The average Bonchev–Trinajstić information content (AvgIpc) is 3.45. The maximum absolute atomic E-state index is 12.9. The molecular weight excluding hydrogens is 424 g/mol. The van der Waals surface area contributed by atoms with E-state index in [2.05, 4.69) is 39.4 Å². The number of fused-ring (bicyclic) bond motifs is 1. The second-order valence-corrected chi connectivity index (χ2v) is 7.38. The first kappa shape index (κ1) is 22.1. The lowest BCUT2D eigenvalue weighted by Crippen LogP contribution is -2.27. The normalized spacial score (nSPS) is 11.2. The van der Waals surface area contributed by atoms with E-state index in [0.29, 0.717) is 18.2 Å². The molecule has 0 radical (unpaired) electrons. The fraction of sp³-hybridized carbons (Fsp3) is 0.273. The molecule has 2 aromatic heterocycles. The molecular formula is C22H24N8O3. The van der Waals surface area contributed by atoms with Gasteiger partial charge in [-0.15, -0.1) is 5.10 Å². The number of benzene rings is 2. The van der Waals surface area contributed by atoms with Gasteiger partial charge < -0.3 is 9.47 Å². The van der Waals surface area contributed by atoms with Gasteiger partial charge >= 0.3 is 0 Å². The zero-order valence-corrected chi connectivity index (χ0v) is 18.4. The standard InChI is InChI=1S/C22H24N8O3/c1-3-27(4-2)12-13-28-20-11-6-5-10-18(20)23-22(28)24-21(31)19-15-29(26-25-19)16-8-7-9-17(14-16)30(32)33/h5-11,14-15H,3-4,12-13H2,1-2H3,(H,23,24,31). The molecule has 0 aliphatic heterocycles. The summed E-state index contributed by atoms with van der Waals surface area (Å²) >= 11 is 0. The number of nitrogens with one attached hydrogen (secondary N) is 1. The van der Waals surface area contributed by atoms with Gasteiger partial charge in [-0.1, -0.05) is 37.3 Å². The lowest BCUT2D eigenvalue weighted by atomic mass is 10.3. The SMILES string of the molecule is CCN(CC)CCn1c(NC(=O)c2cn(-c3cccc([N+](=O)[O-])c3)nn2)nc2ccccc21. The number of amides is 1. The average molecular weight is 448 g/mol. The number of aromatic nitrogens is 5. The predicted octanol–water partition coefficient (Wildman–Crippen LogP) is 3.12. The van der Waals surface area contributed by atoms with Crippen LogP contribution in [0, 0.1) is 10.1 Å². The summed E-state index contributed by atoms with van der Waals surface area (Å²) in [6, 6.07) is 13.7. The third-order valence-electron chi connectivity index (χ3n) is 5.45. The lowest BCUT2D eigenvalue weighted by Gasteiger charge is -2.19. The number of nitro groups is 1. The van der Waals surface area contributed by atoms with Crippen LogP contribution in [0.5, 0.6) is 0 Å². The van der Waals surface area contributed by atoms with E-state index in [1.54, 1.807) is 12.1 Å². The Morgan fingerprint density at radius 3 is 2.70 bits per heavy atom. The van der Waals surface area contributed by atoms with Crippen molar-refractivity contribution in [2.75, 3.05) is 25.0 Å². The number of non-ortho nitro benzene ring substituents is 1. The van der Waals surface area contributed by atoms with Crippen molar-refractivity contribution in [1.29, 1.82) is 0 Å². The van der Waals surface area contributed by atoms with Crippen LogP contribution in [0.4, 0.5) is 11.6 Å². The summed E-state index contributed by atoms with van der Waals surface area (Å²) in [7, 11) is 0. The summed E-state index contributed by atoms with van der Waals surface area (Å²) in [5.74, 6) is -0.0377. The molecule has 0 aliphatic carbocycles. The Labute approximate surface area is 189 Å². The minimum atomic E-state index is -0.489. The fourth-order valence-corrected chi connectivity index (χ4v) is 3.59. The second kappa shape index (κ2) is 9.57. The summed E-state index contributed by atoms with van der Waals surface area (Å²) in [6.07, 6.45) is 1.43. The number of hydrogen-bond donors (Lipinski definition) is 1. The van der Waals surface area contributed by atoms with E-state index in [0.717, 1.165) is 30.7 Å². The van der Waals surface area contributed by atoms with Crippen LogP contribution < -0.4 is 5.32 Å². The van der Waals surface area contributed by atoms with Gasteiger partial charge in [-0.05, 0) is 31.3 Å². The Hall–Kier alpha value is -4.12. The first-order chi connectivity index (χ1) is 16.0. The summed E-state index contributed by atoms with van der Waals surface area (Å²) in [6.45, 7) is 7.58. The second-order valence-electron chi connectivity index (χ2n) is 7.38. The number of anilines is 1. The number of likely N-dealkylation sites (N-methyl/N-ethyl adjacent to an activating group) is 1. The van der Waals surface area contributed by atoms with Gasteiger partial charge in [-0.2, -0.15) is 0 Å². The first-order valence-corrected chi connectivity index (χ1v) is 10.7. The zero-order chi connectivity index (χ0) is 23.4. The van der Waals surface area contributed by atoms with Crippen LogP contribution in [0.3, 0.4) is 0 Å². The van der Waals surface area contributed by atoms with Gasteiger partial charge in [0.05, 0.1) is 27.8 Å². The van der Waals surface area contributed by atoms with Gasteiger partial charge in [0, 0.05) is 25.2 Å². The van der Waals surface area contributed by atoms with E-state index < -0.39 is 10.8 Å². The number of nitro benzene ring substituents is 1. The minimum absolute atomic E-state index is 0.0730. The summed E-state index contributed by atoms with van der Waals surface area (Å²) < 4.78 is 3.31. The molecule has 11 nitrogen and oxygen atoms in total. The Kier molecular flexibility index (Phi) is 6.41. The predicted molar refractivity (Wildman–Crippen MR) is 123 cm³/mol. The van der Waals surface area contributed by atoms with E-state index in [4.69, 9.17) is 0 Å². The smallest absolute Gasteiger partial charge is 0.280 e. The number of rotatable bonds is 9. The molecule has 2 heterocycles. The van der Waals surface area contributed by atoms with Crippen LogP contribution in [-0.4, -0.2) is 59.9 Å². The summed E-state index contributed by atoms with van der Waals surface area (Å²) in [4.78, 5) is 30.3. The van der Waals surface area contributed by atoms with Crippen molar-refractivity contribution < 1.29 is 9.72 Å². The molecule has 170 valence electrons. The number of imidazole rings is 1. The van der Waals surface area contributed by atoms with E-state index >= 15 is 0 Å². The number of para-hydroxylation sites is 2. The Bertz CT molecular complexity index is 1290. The highest BCUT2D eigenvalue weighted by Gasteiger charge is 2.18. The van der Waals surface area contributed by atoms with Crippen LogP contribution in [0.2, 0.25) is 0 Å². The van der Waals surface area contributed by atoms with E-state index in [9.17, 15) is 14.9 Å². The van der Waals surface area contributed by atoms with Gasteiger partial charge in [-0.3, -0.25) is 20.2 Å². The zero-order valence-electron chi connectivity index (χ0n) is 18.4. The van der Waals surface area contributed by atoms with Crippen molar-refractivity contribution in [1.82, 2.24) is 29.4 Å². The van der Waals surface area contributed by atoms with Crippen molar-refractivity contribution in [2.24, 2.45) is 0 Å². The summed E-state index contributed by atoms with van der Waals surface area (Å²) in [5, 5.41) is 21.7. The first-order valence-electron chi connectivity index (χ1n) is 10.7. The molecule has 1 N–H and O–H groups in total. The number of hydrogen-bond acceptors (Lipinski definition) is 7. The van der Waals surface area contributed by atoms with Crippen molar-refractivity contribution in [3.05, 3.63) is 70.5 Å².